The number of carbonyl (C=O) groups is 2. The number of hydrogen-bond donors (Lipinski definition) is 2. The van der Waals surface area contributed by atoms with Crippen molar-refractivity contribution in [2.75, 3.05) is 19.1 Å². The molecule has 9 heteroatoms. The molecule has 36 heavy (non-hydrogen) atoms. The quantitative estimate of drug-likeness (QED) is 0.221. The van der Waals surface area contributed by atoms with Crippen LogP contribution in [0.25, 0.3) is 16.8 Å². The zero-order valence-corrected chi connectivity index (χ0v) is 20.5. The number of halogens is 1. The SMILES string of the molecule is COc1ccc(C2/C(=C(\O)c3ccc(Cl)cc3)C(=O)C(=O)N2c2nc3ccc(C)cc3[nH]2)cc1OC. The van der Waals surface area contributed by atoms with Crippen LogP contribution in [-0.2, 0) is 9.59 Å². The number of aliphatic hydroxyl groups excluding tert-OH is 1. The van der Waals surface area contributed by atoms with Crippen molar-refractivity contribution >= 4 is 46.0 Å². The van der Waals surface area contributed by atoms with E-state index in [-0.39, 0.29) is 17.3 Å². The van der Waals surface area contributed by atoms with Crippen molar-refractivity contribution in [3.8, 4) is 11.5 Å². The van der Waals surface area contributed by atoms with Crippen molar-refractivity contribution in [2.24, 2.45) is 0 Å². The molecule has 1 atom stereocenters. The molecule has 2 heterocycles. The number of H-pyrrole nitrogens is 1. The van der Waals surface area contributed by atoms with E-state index in [1.165, 1.54) is 19.1 Å². The van der Waals surface area contributed by atoms with Gasteiger partial charge in [0.1, 0.15) is 5.76 Å². The third-order valence-corrected chi connectivity index (χ3v) is 6.39. The van der Waals surface area contributed by atoms with E-state index in [2.05, 4.69) is 9.97 Å². The molecule has 3 aromatic carbocycles. The highest BCUT2D eigenvalue weighted by Gasteiger charge is 2.48. The van der Waals surface area contributed by atoms with Crippen LogP contribution < -0.4 is 14.4 Å². The van der Waals surface area contributed by atoms with Gasteiger partial charge in [-0.05, 0) is 66.6 Å². The number of aryl methyl sites for hydroxylation is 1. The number of methoxy groups -OCH3 is 2. The molecule has 1 amide bonds. The monoisotopic (exact) mass is 503 g/mol. The Kier molecular flexibility index (Phi) is 5.89. The number of ketones is 1. The smallest absolute Gasteiger partial charge is 0.302 e. The van der Waals surface area contributed by atoms with Crippen LogP contribution in [-0.4, -0.2) is 41.0 Å². The van der Waals surface area contributed by atoms with E-state index in [0.717, 1.165) is 11.1 Å². The number of benzene rings is 3. The molecular weight excluding hydrogens is 482 g/mol. The molecule has 1 fully saturated rings. The van der Waals surface area contributed by atoms with Gasteiger partial charge in [-0.2, -0.15) is 0 Å². The molecular formula is C27H22ClN3O5. The zero-order valence-electron chi connectivity index (χ0n) is 19.7. The molecule has 1 unspecified atom stereocenters. The fraction of sp³-hybridized carbons (Fsp3) is 0.148. The Hall–Kier alpha value is -4.30. The van der Waals surface area contributed by atoms with Crippen LogP contribution in [0.5, 0.6) is 11.5 Å². The van der Waals surface area contributed by atoms with Gasteiger partial charge >= 0.3 is 5.91 Å². The minimum Gasteiger partial charge on any atom is -0.507 e. The van der Waals surface area contributed by atoms with Crippen molar-refractivity contribution in [3.05, 3.63) is 87.9 Å². The number of fused-ring (bicyclic) bond motifs is 1. The Morgan fingerprint density at radius 1 is 1.00 bits per heavy atom. The maximum absolute atomic E-state index is 13.4. The summed E-state index contributed by atoms with van der Waals surface area (Å²) >= 11 is 6.00. The first-order valence-corrected chi connectivity index (χ1v) is 11.5. The van der Waals surface area contributed by atoms with E-state index in [0.29, 0.717) is 33.2 Å². The summed E-state index contributed by atoms with van der Waals surface area (Å²) in [7, 11) is 3.01. The van der Waals surface area contributed by atoms with Crippen molar-refractivity contribution < 1.29 is 24.2 Å². The zero-order chi connectivity index (χ0) is 25.6. The molecule has 0 saturated carbocycles. The van der Waals surface area contributed by atoms with Gasteiger partial charge < -0.3 is 19.6 Å². The lowest BCUT2D eigenvalue weighted by Gasteiger charge is -2.23. The van der Waals surface area contributed by atoms with E-state index in [1.54, 1.807) is 42.5 Å². The van der Waals surface area contributed by atoms with Gasteiger partial charge in [-0.25, -0.2) is 4.98 Å². The summed E-state index contributed by atoms with van der Waals surface area (Å²) in [6, 6.07) is 16.1. The molecule has 182 valence electrons. The molecule has 0 radical (unpaired) electrons. The molecule has 1 aliphatic rings. The van der Waals surface area contributed by atoms with Crippen LogP contribution in [0, 0.1) is 6.92 Å². The Morgan fingerprint density at radius 3 is 2.42 bits per heavy atom. The van der Waals surface area contributed by atoms with Gasteiger partial charge in [-0.15, -0.1) is 0 Å². The fourth-order valence-electron chi connectivity index (χ4n) is 4.38. The highest BCUT2D eigenvalue weighted by Crippen LogP contribution is 2.43. The van der Waals surface area contributed by atoms with Gasteiger partial charge in [0, 0.05) is 10.6 Å². The third-order valence-electron chi connectivity index (χ3n) is 6.14. The van der Waals surface area contributed by atoms with E-state index >= 15 is 0 Å². The normalized spacial score (nSPS) is 17.1. The van der Waals surface area contributed by atoms with Gasteiger partial charge in [0.25, 0.3) is 5.78 Å². The number of anilines is 1. The molecule has 1 aliphatic heterocycles. The molecule has 0 bridgehead atoms. The largest absolute Gasteiger partial charge is 0.507 e. The number of hydrogen-bond acceptors (Lipinski definition) is 6. The van der Waals surface area contributed by atoms with Crippen LogP contribution in [0.4, 0.5) is 5.95 Å². The number of ether oxygens (including phenoxy) is 2. The first-order valence-electron chi connectivity index (χ1n) is 11.1. The van der Waals surface area contributed by atoms with Crippen LogP contribution in [0.1, 0.15) is 22.7 Å². The predicted molar refractivity (Wildman–Crippen MR) is 137 cm³/mol. The summed E-state index contributed by atoms with van der Waals surface area (Å²) in [6.07, 6.45) is 0. The fourth-order valence-corrected chi connectivity index (χ4v) is 4.50. The summed E-state index contributed by atoms with van der Waals surface area (Å²) in [4.78, 5) is 35.8. The second-order valence-corrected chi connectivity index (χ2v) is 8.81. The van der Waals surface area contributed by atoms with Crippen molar-refractivity contribution in [1.82, 2.24) is 9.97 Å². The van der Waals surface area contributed by atoms with Crippen LogP contribution >= 0.6 is 11.6 Å². The molecule has 1 saturated heterocycles. The Labute approximate surface area is 211 Å². The summed E-state index contributed by atoms with van der Waals surface area (Å²) in [5.74, 6) is -0.894. The van der Waals surface area contributed by atoms with Gasteiger partial charge in [0.15, 0.2) is 11.5 Å². The number of nitrogens with one attached hydrogen (secondary N) is 1. The van der Waals surface area contributed by atoms with E-state index < -0.39 is 17.7 Å². The minimum absolute atomic E-state index is 0.0776. The number of aliphatic hydroxyl groups is 1. The lowest BCUT2D eigenvalue weighted by molar-refractivity contribution is -0.132. The van der Waals surface area contributed by atoms with Crippen LogP contribution in [0.3, 0.4) is 0 Å². The number of Topliss-reactive ketones (excluding diaryl/α,β-unsaturated/α-hetero) is 1. The van der Waals surface area contributed by atoms with E-state index in [1.807, 2.05) is 25.1 Å². The standard InChI is InChI=1S/C27H22ClN3O5/c1-14-4-10-18-19(12-14)30-27(29-18)31-23(16-7-11-20(35-2)21(13-16)36-3)22(25(33)26(31)34)24(32)15-5-8-17(28)9-6-15/h4-13,23,32H,1-3H3,(H,29,30)/b24-22+. The average molecular weight is 504 g/mol. The van der Waals surface area contributed by atoms with Crippen LogP contribution in [0.2, 0.25) is 5.02 Å². The third kappa shape index (κ3) is 3.85. The Bertz CT molecular complexity index is 1540. The summed E-state index contributed by atoms with van der Waals surface area (Å²) < 4.78 is 10.8. The molecule has 0 spiro atoms. The Morgan fingerprint density at radius 2 is 1.72 bits per heavy atom. The molecule has 5 rings (SSSR count). The highest BCUT2D eigenvalue weighted by atomic mass is 35.5. The first kappa shape index (κ1) is 23.4. The average Bonchev–Trinajstić information content (AvgIpc) is 3.41. The van der Waals surface area contributed by atoms with Gasteiger partial charge in [0.05, 0.1) is 36.9 Å². The number of carbonyl (C=O) groups excluding carboxylic acids is 2. The highest BCUT2D eigenvalue weighted by molar-refractivity contribution is 6.51. The second-order valence-electron chi connectivity index (χ2n) is 8.37. The van der Waals surface area contributed by atoms with Crippen molar-refractivity contribution in [1.29, 1.82) is 0 Å². The number of rotatable bonds is 5. The van der Waals surface area contributed by atoms with Gasteiger partial charge in [0.2, 0.25) is 5.95 Å². The number of aromatic amines is 1. The topological polar surface area (TPSA) is 105 Å². The molecule has 0 aliphatic carbocycles. The number of aromatic nitrogens is 2. The minimum atomic E-state index is -0.984. The second kappa shape index (κ2) is 9.05. The lowest BCUT2D eigenvalue weighted by Crippen LogP contribution is -2.30. The lowest BCUT2D eigenvalue weighted by atomic mass is 9.95. The molecule has 4 aromatic rings. The maximum Gasteiger partial charge on any atom is 0.302 e. The van der Waals surface area contributed by atoms with Crippen molar-refractivity contribution in [3.63, 3.8) is 0 Å². The molecule has 8 nitrogen and oxygen atoms in total. The number of amides is 1. The van der Waals surface area contributed by atoms with E-state index in [9.17, 15) is 14.7 Å². The maximum atomic E-state index is 13.4. The predicted octanol–water partition coefficient (Wildman–Crippen LogP) is 5.17. The molecule has 2 N–H and O–H groups in total. The number of imidazole rings is 1. The summed E-state index contributed by atoms with van der Waals surface area (Å²) in [5, 5.41) is 11.7. The molecule has 1 aromatic heterocycles. The van der Waals surface area contributed by atoms with Gasteiger partial charge in [-0.3, -0.25) is 14.5 Å². The number of nitrogens with zero attached hydrogens (tertiary/aromatic N) is 2. The summed E-state index contributed by atoms with van der Waals surface area (Å²) in [5.41, 5.74) is 3.17. The van der Waals surface area contributed by atoms with Crippen LogP contribution in [0.15, 0.2) is 66.2 Å². The van der Waals surface area contributed by atoms with Crippen molar-refractivity contribution in [2.45, 2.75) is 13.0 Å². The first-order chi connectivity index (χ1) is 17.3. The van der Waals surface area contributed by atoms with E-state index in [4.69, 9.17) is 21.1 Å². The Balaban J connectivity index is 1.75. The summed E-state index contributed by atoms with van der Waals surface area (Å²) in [6.45, 7) is 1.95. The van der Waals surface area contributed by atoms with Gasteiger partial charge in [-0.1, -0.05) is 23.7 Å².